The highest BCUT2D eigenvalue weighted by Crippen LogP contribution is 2.31. The van der Waals surface area contributed by atoms with Crippen LogP contribution in [0, 0.1) is 0 Å². The Balaban J connectivity index is 0.000000139. The minimum Gasteiger partial charge on any atom is -0.335 e. The van der Waals surface area contributed by atoms with Gasteiger partial charge in [0.05, 0.1) is 77.6 Å². The fourth-order valence-corrected chi connectivity index (χ4v) is 8.56. The van der Waals surface area contributed by atoms with Gasteiger partial charge >= 0.3 is 0 Å². The molecule has 6 aliphatic rings. The van der Waals surface area contributed by atoms with Crippen LogP contribution in [0.5, 0.6) is 0 Å². The highest BCUT2D eigenvalue weighted by Gasteiger charge is 2.38. The molecule has 6 heterocycles. The van der Waals surface area contributed by atoms with Crippen molar-refractivity contribution in [2.24, 2.45) is 0 Å². The number of hydrogen-bond acceptors (Lipinski definition) is 8. The van der Waals surface area contributed by atoms with Gasteiger partial charge in [-0.3, -0.25) is 48.3 Å². The lowest BCUT2D eigenvalue weighted by molar-refractivity contribution is 0.0551. The molecule has 6 amide bonds. The van der Waals surface area contributed by atoms with E-state index in [0.717, 1.165) is 59.0 Å². The maximum absolute atomic E-state index is 13.6. The SMILES string of the molecule is O=C1c2ccccc2C(=O)N1C/C(=C\F)CBr.O=C1c2ccccc2C(=O)N1C/C(=C\F)Cn1cc2c(n1)CCN(C1CCC1)C2=O.O=C1c2cn[nH]c2CCN1C1CCC1. The van der Waals surface area contributed by atoms with Gasteiger partial charge in [-0.15, -0.1) is 0 Å². The molecular weight excluding hydrogens is 854 g/mol. The molecule has 4 aliphatic heterocycles. The van der Waals surface area contributed by atoms with Gasteiger partial charge in [0, 0.05) is 55.2 Å². The summed E-state index contributed by atoms with van der Waals surface area (Å²) in [5.41, 5.74) is 5.06. The van der Waals surface area contributed by atoms with Crippen LogP contribution in [0.25, 0.3) is 0 Å². The van der Waals surface area contributed by atoms with Gasteiger partial charge in [-0.25, -0.2) is 8.78 Å². The maximum atomic E-state index is 13.6. The second-order valence-corrected chi connectivity index (χ2v) is 16.3. The third-order valence-corrected chi connectivity index (χ3v) is 12.8. The maximum Gasteiger partial charge on any atom is 0.261 e. The second kappa shape index (κ2) is 17.9. The van der Waals surface area contributed by atoms with Crippen LogP contribution in [0.2, 0.25) is 0 Å². The fourth-order valence-electron chi connectivity index (χ4n) is 8.26. The topological polar surface area (TPSA) is 162 Å². The molecule has 0 unspecified atom stereocenters. The Labute approximate surface area is 358 Å². The molecule has 1 N–H and O–H groups in total. The molecule has 2 aliphatic carbocycles. The molecule has 316 valence electrons. The Bertz CT molecular complexity index is 2400. The molecule has 0 bridgehead atoms. The van der Waals surface area contributed by atoms with Crippen molar-refractivity contribution in [3.05, 3.63) is 129 Å². The summed E-state index contributed by atoms with van der Waals surface area (Å²) < 4.78 is 27.6. The van der Waals surface area contributed by atoms with E-state index in [1.807, 2.05) is 9.80 Å². The molecule has 2 aromatic heterocycles. The number of hydrogen-bond donors (Lipinski definition) is 1. The van der Waals surface area contributed by atoms with E-state index in [0.29, 0.717) is 71.1 Å². The van der Waals surface area contributed by atoms with Crippen LogP contribution in [0.1, 0.15) is 112 Å². The van der Waals surface area contributed by atoms with Gasteiger partial charge in [0.15, 0.2) is 0 Å². The Hall–Kier alpha value is -6.10. The molecule has 10 rings (SSSR count). The van der Waals surface area contributed by atoms with Gasteiger partial charge < -0.3 is 9.80 Å². The van der Waals surface area contributed by atoms with Crippen LogP contribution in [0.3, 0.4) is 0 Å². The number of alkyl halides is 1. The van der Waals surface area contributed by atoms with E-state index in [1.165, 1.54) is 23.9 Å². The molecule has 2 saturated carbocycles. The van der Waals surface area contributed by atoms with Gasteiger partial charge in [-0.05, 0) is 73.9 Å². The smallest absolute Gasteiger partial charge is 0.261 e. The molecular formula is C44H43BrF2N8O6. The van der Waals surface area contributed by atoms with Crippen molar-refractivity contribution in [1.29, 1.82) is 0 Å². The number of nitrogens with zero attached hydrogens (tertiary/aromatic N) is 7. The molecule has 4 aromatic rings. The summed E-state index contributed by atoms with van der Waals surface area (Å²) in [6.45, 7) is 1.41. The number of H-pyrrole nitrogens is 1. The average Bonchev–Trinajstić information content (AvgIpc) is 4.00. The van der Waals surface area contributed by atoms with E-state index >= 15 is 0 Å². The van der Waals surface area contributed by atoms with Crippen molar-refractivity contribution in [1.82, 2.24) is 39.6 Å². The lowest BCUT2D eigenvalue weighted by Crippen LogP contribution is -2.47. The lowest BCUT2D eigenvalue weighted by atomic mass is 9.89. The van der Waals surface area contributed by atoms with E-state index in [-0.39, 0.29) is 54.2 Å². The summed E-state index contributed by atoms with van der Waals surface area (Å²) in [4.78, 5) is 79.7. The Morgan fingerprint density at radius 1 is 0.639 bits per heavy atom. The molecule has 0 spiro atoms. The molecule has 0 saturated heterocycles. The Morgan fingerprint density at radius 3 is 1.57 bits per heavy atom. The number of rotatable bonds is 9. The van der Waals surface area contributed by atoms with Crippen LogP contribution < -0.4 is 0 Å². The first kappa shape index (κ1) is 41.6. The van der Waals surface area contributed by atoms with Crippen LogP contribution >= 0.6 is 15.9 Å². The number of imide groups is 2. The van der Waals surface area contributed by atoms with Gasteiger partial charge in [-0.1, -0.05) is 40.2 Å². The van der Waals surface area contributed by atoms with Crippen molar-refractivity contribution in [2.75, 3.05) is 31.5 Å². The molecule has 61 heavy (non-hydrogen) atoms. The van der Waals surface area contributed by atoms with Gasteiger partial charge in [-0.2, -0.15) is 10.2 Å². The van der Waals surface area contributed by atoms with Crippen molar-refractivity contribution < 1.29 is 37.5 Å². The van der Waals surface area contributed by atoms with Crippen molar-refractivity contribution in [2.45, 2.75) is 70.0 Å². The summed E-state index contributed by atoms with van der Waals surface area (Å²) in [5, 5.41) is 11.5. The lowest BCUT2D eigenvalue weighted by Gasteiger charge is -2.39. The van der Waals surface area contributed by atoms with E-state index in [4.69, 9.17) is 0 Å². The summed E-state index contributed by atoms with van der Waals surface area (Å²) in [5.74, 6) is -1.44. The highest BCUT2D eigenvalue weighted by molar-refractivity contribution is 9.09. The largest absolute Gasteiger partial charge is 0.335 e. The molecule has 17 heteroatoms. The number of halogens is 3. The number of carbonyl (C=O) groups excluding carboxylic acids is 6. The van der Waals surface area contributed by atoms with Crippen LogP contribution in [0.15, 0.2) is 84.7 Å². The number of benzene rings is 2. The van der Waals surface area contributed by atoms with E-state index in [9.17, 15) is 37.5 Å². The zero-order valence-electron chi connectivity index (χ0n) is 33.2. The zero-order valence-corrected chi connectivity index (χ0v) is 34.8. The summed E-state index contributed by atoms with van der Waals surface area (Å²) in [6.07, 6.45) is 12.6. The summed E-state index contributed by atoms with van der Waals surface area (Å²) >= 11 is 3.10. The number of carbonyl (C=O) groups is 6. The fraction of sp³-hybridized carbons (Fsp3) is 0.364. The first-order chi connectivity index (χ1) is 29.6. The molecule has 0 radical (unpaired) electrons. The predicted molar refractivity (Wildman–Crippen MR) is 221 cm³/mol. The number of aromatic amines is 1. The predicted octanol–water partition coefficient (Wildman–Crippen LogP) is 6.07. The quantitative estimate of drug-likeness (QED) is 0.156. The Morgan fingerprint density at radius 2 is 1.11 bits per heavy atom. The van der Waals surface area contributed by atoms with Crippen LogP contribution in [-0.4, -0.2) is 119 Å². The number of amides is 6. The van der Waals surface area contributed by atoms with Crippen molar-refractivity contribution in [3.63, 3.8) is 0 Å². The summed E-state index contributed by atoms with van der Waals surface area (Å²) in [6, 6.07) is 14.0. The number of aromatic nitrogens is 4. The zero-order chi connectivity index (χ0) is 42.8. The third kappa shape index (κ3) is 8.10. The first-order valence-corrected chi connectivity index (χ1v) is 21.5. The standard InChI is InChI=1S/C22H21FN4O3.C12H9BrFNO2.C10H13N3O/c23-10-14(12-27-20(28)16-6-1-2-7-17(16)21(27)29)11-25-13-18-19(24-25)8-9-26(22(18)30)15-4-3-5-15;13-5-8(6-14)7-15-11(16)9-3-1-2-4-10(9)12(15)17;14-10-8-6-11-12-9(8)4-5-13(10)7-2-1-3-7/h1-2,6-7,10,13,15H,3-5,8-9,11-12H2;1-4,6H,5,7H2;6-7H,1-5H2,(H,11,12)/b14-10-;8-6-;. The van der Waals surface area contributed by atoms with Gasteiger partial charge in [0.25, 0.3) is 35.4 Å². The summed E-state index contributed by atoms with van der Waals surface area (Å²) in [7, 11) is 0. The second-order valence-electron chi connectivity index (χ2n) is 15.8. The minimum atomic E-state index is -0.430. The first-order valence-electron chi connectivity index (χ1n) is 20.3. The van der Waals surface area contributed by atoms with Crippen LogP contribution in [-0.2, 0) is 19.4 Å². The molecule has 2 aromatic carbocycles. The normalized spacial score (nSPS) is 18.8. The van der Waals surface area contributed by atoms with E-state index in [2.05, 4.69) is 31.2 Å². The highest BCUT2D eigenvalue weighted by atomic mass is 79.9. The third-order valence-electron chi connectivity index (χ3n) is 12.1. The van der Waals surface area contributed by atoms with Crippen LogP contribution in [0.4, 0.5) is 8.78 Å². The van der Waals surface area contributed by atoms with Gasteiger partial charge in [0.1, 0.15) is 0 Å². The van der Waals surface area contributed by atoms with Crippen molar-refractivity contribution in [3.8, 4) is 0 Å². The number of fused-ring (bicyclic) bond motifs is 4. The van der Waals surface area contributed by atoms with E-state index < -0.39 is 11.8 Å². The average molecular weight is 898 g/mol. The molecule has 0 atom stereocenters. The Kier molecular flexibility index (Phi) is 12.2. The monoisotopic (exact) mass is 896 g/mol. The minimum absolute atomic E-state index is 0.0154. The van der Waals surface area contributed by atoms with Crippen molar-refractivity contribution >= 4 is 51.4 Å². The van der Waals surface area contributed by atoms with E-state index in [1.54, 1.807) is 60.9 Å². The molecule has 2 fully saturated rings. The van der Waals surface area contributed by atoms with Gasteiger partial charge in [0.2, 0.25) is 0 Å². The number of nitrogens with one attached hydrogen (secondary N) is 1. The molecule has 14 nitrogen and oxygen atoms in total.